The standard InChI is InChI=1S/C45H46N2O/c1-11-19-38-34(14-4)44(7,8)35(15-5)39(20-12-2)46(38)30-24-26-42-32(28-30)33-29-31(25-27-43(33)48-42)47-40(21-13-3)36(16-6)45(9,10)37-22-17-18-23-41(37)47/h11-29H,4-6H2,1-3,7-10H3/b19-11-,20-12-,21-13-. The summed E-state index contributed by atoms with van der Waals surface area (Å²) in [5.74, 6) is 0. The van der Waals surface area contributed by atoms with E-state index in [0.717, 1.165) is 61.6 Å². The molecule has 0 saturated carbocycles. The van der Waals surface area contributed by atoms with Gasteiger partial charge in [-0.05, 0) is 104 Å². The van der Waals surface area contributed by atoms with E-state index in [1.165, 1.54) is 16.8 Å². The molecule has 4 aromatic rings. The van der Waals surface area contributed by atoms with Crippen molar-refractivity contribution in [1.29, 1.82) is 0 Å². The van der Waals surface area contributed by atoms with Crippen LogP contribution in [-0.4, -0.2) is 0 Å². The van der Waals surface area contributed by atoms with Crippen molar-refractivity contribution in [2.75, 3.05) is 9.80 Å². The molecule has 242 valence electrons. The van der Waals surface area contributed by atoms with E-state index in [4.69, 9.17) is 4.42 Å². The molecule has 0 saturated heterocycles. The highest BCUT2D eigenvalue weighted by molar-refractivity contribution is 6.08. The molecular formula is C45H46N2O. The first-order valence-corrected chi connectivity index (χ1v) is 16.7. The van der Waals surface area contributed by atoms with Crippen molar-refractivity contribution < 1.29 is 4.42 Å². The lowest BCUT2D eigenvalue weighted by Crippen LogP contribution is -2.34. The van der Waals surface area contributed by atoms with Gasteiger partial charge in [0, 0.05) is 50.1 Å². The van der Waals surface area contributed by atoms with Crippen LogP contribution in [0.2, 0.25) is 0 Å². The summed E-state index contributed by atoms with van der Waals surface area (Å²) in [6.45, 7) is 28.0. The Kier molecular flexibility index (Phi) is 8.43. The molecule has 3 aromatic carbocycles. The normalized spacial score (nSPS) is 17.9. The molecule has 0 fully saturated rings. The van der Waals surface area contributed by atoms with E-state index in [9.17, 15) is 0 Å². The Morgan fingerprint density at radius 3 is 1.48 bits per heavy atom. The van der Waals surface area contributed by atoms with Gasteiger partial charge in [-0.25, -0.2) is 0 Å². The molecule has 0 amide bonds. The van der Waals surface area contributed by atoms with Crippen molar-refractivity contribution in [2.24, 2.45) is 5.41 Å². The number of anilines is 3. The summed E-state index contributed by atoms with van der Waals surface area (Å²) < 4.78 is 6.46. The molecular weight excluding hydrogens is 585 g/mol. The molecule has 2 aliphatic heterocycles. The van der Waals surface area contributed by atoms with E-state index in [1.54, 1.807) is 0 Å². The number of nitrogens with zero attached hydrogens (tertiary/aromatic N) is 2. The quantitative estimate of drug-likeness (QED) is 0.193. The van der Waals surface area contributed by atoms with Gasteiger partial charge in [0.25, 0.3) is 0 Å². The van der Waals surface area contributed by atoms with Crippen LogP contribution in [0.4, 0.5) is 17.1 Å². The van der Waals surface area contributed by atoms with Gasteiger partial charge in [-0.1, -0.05) is 102 Å². The van der Waals surface area contributed by atoms with E-state index >= 15 is 0 Å². The molecule has 0 bridgehead atoms. The lowest BCUT2D eigenvalue weighted by molar-refractivity contribution is 0.544. The molecule has 2 aliphatic rings. The second-order valence-corrected chi connectivity index (χ2v) is 13.4. The van der Waals surface area contributed by atoms with Crippen molar-refractivity contribution in [3.05, 3.63) is 174 Å². The number of allylic oxidation sites excluding steroid dienone is 12. The molecule has 0 spiro atoms. The third kappa shape index (κ3) is 4.88. The van der Waals surface area contributed by atoms with Crippen molar-refractivity contribution in [3.8, 4) is 0 Å². The minimum atomic E-state index is -0.271. The number of rotatable bonds is 8. The predicted octanol–water partition coefficient (Wildman–Crippen LogP) is 12.9. The third-order valence-electron chi connectivity index (χ3n) is 9.93. The van der Waals surface area contributed by atoms with Crippen LogP contribution < -0.4 is 9.80 Å². The fraction of sp³-hybridized carbons (Fsp3) is 0.200. The van der Waals surface area contributed by atoms with Crippen LogP contribution in [0.3, 0.4) is 0 Å². The van der Waals surface area contributed by atoms with Crippen molar-refractivity contribution in [2.45, 2.75) is 53.9 Å². The van der Waals surface area contributed by atoms with Crippen LogP contribution in [0.25, 0.3) is 21.9 Å². The zero-order valence-electron chi connectivity index (χ0n) is 29.4. The number of hydrogen-bond donors (Lipinski definition) is 0. The molecule has 0 N–H and O–H groups in total. The van der Waals surface area contributed by atoms with Gasteiger partial charge in [0.15, 0.2) is 0 Å². The summed E-state index contributed by atoms with van der Waals surface area (Å²) in [7, 11) is 0. The monoisotopic (exact) mass is 630 g/mol. The van der Waals surface area contributed by atoms with Gasteiger partial charge in [-0.2, -0.15) is 0 Å². The summed E-state index contributed by atoms with van der Waals surface area (Å²) in [6, 6.07) is 21.7. The van der Waals surface area contributed by atoms with E-state index in [2.05, 4.69) is 175 Å². The Labute approximate surface area is 286 Å². The minimum absolute atomic E-state index is 0.195. The SMILES string of the molecule is C=CC1=C(/C=C\C)N(c2ccc3oc4ccc(N5C(/C=C\C)=C(C=C)C(C)(C)c6ccccc65)cc4c3c2)C(/C=C\C)=C(C=C)C1(C)C. The average molecular weight is 631 g/mol. The highest BCUT2D eigenvalue weighted by Crippen LogP contribution is 2.51. The molecule has 0 unspecified atom stereocenters. The van der Waals surface area contributed by atoms with Gasteiger partial charge in [0.2, 0.25) is 0 Å². The van der Waals surface area contributed by atoms with Crippen molar-refractivity contribution >= 4 is 39.0 Å². The van der Waals surface area contributed by atoms with Crippen molar-refractivity contribution in [1.82, 2.24) is 0 Å². The fourth-order valence-electron chi connectivity index (χ4n) is 7.70. The van der Waals surface area contributed by atoms with Crippen LogP contribution >= 0.6 is 0 Å². The number of furan rings is 1. The van der Waals surface area contributed by atoms with Gasteiger partial charge in [0.1, 0.15) is 11.2 Å². The van der Waals surface area contributed by atoms with Crippen LogP contribution in [0, 0.1) is 5.41 Å². The highest BCUT2D eigenvalue weighted by Gasteiger charge is 2.38. The van der Waals surface area contributed by atoms with Gasteiger partial charge >= 0.3 is 0 Å². The first-order valence-electron chi connectivity index (χ1n) is 16.7. The Morgan fingerprint density at radius 2 is 1.00 bits per heavy atom. The minimum Gasteiger partial charge on any atom is -0.456 e. The Bertz CT molecular complexity index is 2120. The lowest BCUT2D eigenvalue weighted by atomic mass is 9.72. The lowest BCUT2D eigenvalue weighted by Gasteiger charge is -2.42. The summed E-state index contributed by atoms with van der Waals surface area (Å²) >= 11 is 0. The van der Waals surface area contributed by atoms with Gasteiger partial charge < -0.3 is 14.2 Å². The Morgan fingerprint density at radius 1 is 0.562 bits per heavy atom. The highest BCUT2D eigenvalue weighted by atomic mass is 16.3. The molecule has 3 heteroatoms. The maximum absolute atomic E-state index is 6.46. The number of benzene rings is 3. The first-order chi connectivity index (χ1) is 23.1. The molecule has 0 atom stereocenters. The smallest absolute Gasteiger partial charge is 0.135 e. The molecule has 3 heterocycles. The summed E-state index contributed by atoms with van der Waals surface area (Å²) in [5.41, 5.74) is 12.6. The van der Waals surface area contributed by atoms with Crippen molar-refractivity contribution in [3.63, 3.8) is 0 Å². The Balaban J connectivity index is 1.61. The maximum atomic E-state index is 6.46. The van der Waals surface area contributed by atoms with Crippen LogP contribution in [0.15, 0.2) is 173 Å². The van der Waals surface area contributed by atoms with E-state index in [1.807, 2.05) is 18.2 Å². The second kappa shape index (κ2) is 12.4. The average Bonchev–Trinajstić information content (AvgIpc) is 3.42. The van der Waals surface area contributed by atoms with Crippen LogP contribution in [-0.2, 0) is 5.41 Å². The summed E-state index contributed by atoms with van der Waals surface area (Å²) in [4.78, 5) is 4.69. The summed E-state index contributed by atoms with van der Waals surface area (Å²) in [5, 5.41) is 2.12. The number of fused-ring (bicyclic) bond motifs is 4. The molecule has 0 radical (unpaired) electrons. The number of hydrogen-bond acceptors (Lipinski definition) is 3. The van der Waals surface area contributed by atoms with E-state index in [0.29, 0.717) is 0 Å². The predicted molar refractivity (Wildman–Crippen MR) is 208 cm³/mol. The zero-order valence-corrected chi connectivity index (χ0v) is 29.4. The van der Waals surface area contributed by atoms with Crippen LogP contribution in [0.5, 0.6) is 0 Å². The summed E-state index contributed by atoms with van der Waals surface area (Å²) in [6.07, 6.45) is 18.8. The molecule has 3 nitrogen and oxygen atoms in total. The van der Waals surface area contributed by atoms with E-state index in [-0.39, 0.29) is 10.8 Å². The zero-order chi connectivity index (χ0) is 34.4. The largest absolute Gasteiger partial charge is 0.456 e. The van der Waals surface area contributed by atoms with Gasteiger partial charge in [-0.3, -0.25) is 0 Å². The molecule has 48 heavy (non-hydrogen) atoms. The van der Waals surface area contributed by atoms with E-state index < -0.39 is 0 Å². The maximum Gasteiger partial charge on any atom is 0.135 e. The molecule has 1 aromatic heterocycles. The van der Waals surface area contributed by atoms with Crippen LogP contribution in [0.1, 0.15) is 54.0 Å². The molecule has 6 rings (SSSR count). The third-order valence-corrected chi connectivity index (χ3v) is 9.93. The Hall–Kier alpha value is -5.28. The number of para-hydroxylation sites is 1. The fourth-order valence-corrected chi connectivity index (χ4v) is 7.70. The second-order valence-electron chi connectivity index (χ2n) is 13.4. The molecule has 0 aliphatic carbocycles. The van der Waals surface area contributed by atoms with Gasteiger partial charge in [-0.15, -0.1) is 0 Å². The first kappa shape index (κ1) is 32.7. The van der Waals surface area contributed by atoms with Gasteiger partial charge in [0.05, 0.1) is 5.69 Å². The topological polar surface area (TPSA) is 19.6 Å².